The second kappa shape index (κ2) is 5.67. The zero-order valence-electron chi connectivity index (χ0n) is 10.5. The molecule has 0 fully saturated rings. The molecule has 20 heavy (non-hydrogen) atoms. The SMILES string of the molecule is Clc1ccc(NN=Cc2ccc3nccnc3c2)cc1. The summed E-state index contributed by atoms with van der Waals surface area (Å²) < 4.78 is 0. The van der Waals surface area contributed by atoms with E-state index < -0.39 is 0 Å². The molecular formula is C15H11ClN4. The molecule has 3 aromatic rings. The first-order chi connectivity index (χ1) is 9.81. The average Bonchev–Trinajstić information content (AvgIpc) is 2.49. The van der Waals surface area contributed by atoms with Crippen molar-refractivity contribution in [2.45, 2.75) is 0 Å². The lowest BCUT2D eigenvalue weighted by atomic mass is 10.2. The highest BCUT2D eigenvalue weighted by Gasteiger charge is 1.96. The molecule has 98 valence electrons. The van der Waals surface area contributed by atoms with Crippen LogP contribution in [0.3, 0.4) is 0 Å². The van der Waals surface area contributed by atoms with Crippen LogP contribution in [-0.4, -0.2) is 16.2 Å². The first-order valence-electron chi connectivity index (χ1n) is 6.07. The van der Waals surface area contributed by atoms with Gasteiger partial charge in [0.05, 0.1) is 22.9 Å². The summed E-state index contributed by atoms with van der Waals surface area (Å²) in [4.78, 5) is 8.48. The lowest BCUT2D eigenvalue weighted by molar-refractivity contribution is 1.29. The fraction of sp³-hybridized carbons (Fsp3) is 0. The Morgan fingerprint density at radius 1 is 0.950 bits per heavy atom. The lowest BCUT2D eigenvalue weighted by Gasteiger charge is -2.00. The fourth-order valence-electron chi connectivity index (χ4n) is 1.77. The number of hydrazone groups is 1. The van der Waals surface area contributed by atoms with E-state index in [0.29, 0.717) is 5.02 Å². The van der Waals surface area contributed by atoms with E-state index in [-0.39, 0.29) is 0 Å². The minimum atomic E-state index is 0.702. The molecule has 0 unspecified atom stereocenters. The number of nitrogens with one attached hydrogen (secondary N) is 1. The quantitative estimate of drug-likeness (QED) is 0.588. The standard InChI is InChI=1S/C15H11ClN4/c16-12-2-4-13(5-3-12)20-19-10-11-1-6-14-15(9-11)18-8-7-17-14/h1-10,20H. The Bertz CT molecular complexity index is 753. The summed E-state index contributed by atoms with van der Waals surface area (Å²) in [5, 5.41) is 4.88. The van der Waals surface area contributed by atoms with Crippen molar-refractivity contribution < 1.29 is 0 Å². The largest absolute Gasteiger partial charge is 0.279 e. The van der Waals surface area contributed by atoms with Gasteiger partial charge in [0.2, 0.25) is 0 Å². The van der Waals surface area contributed by atoms with Crippen molar-refractivity contribution in [2.24, 2.45) is 5.10 Å². The summed E-state index contributed by atoms with van der Waals surface area (Å²) in [7, 11) is 0. The van der Waals surface area contributed by atoms with Gasteiger partial charge >= 0.3 is 0 Å². The number of benzene rings is 2. The maximum Gasteiger partial charge on any atom is 0.0893 e. The van der Waals surface area contributed by atoms with Crippen LogP contribution >= 0.6 is 11.6 Å². The molecule has 0 atom stereocenters. The van der Waals surface area contributed by atoms with Gasteiger partial charge in [-0.3, -0.25) is 15.4 Å². The summed E-state index contributed by atoms with van der Waals surface area (Å²) in [5.74, 6) is 0. The van der Waals surface area contributed by atoms with Gasteiger partial charge < -0.3 is 0 Å². The first-order valence-corrected chi connectivity index (χ1v) is 6.44. The van der Waals surface area contributed by atoms with E-state index >= 15 is 0 Å². The van der Waals surface area contributed by atoms with Gasteiger partial charge in [-0.15, -0.1) is 0 Å². The monoisotopic (exact) mass is 282 g/mol. The molecule has 1 heterocycles. The van der Waals surface area contributed by atoms with Crippen molar-refractivity contribution in [3.63, 3.8) is 0 Å². The van der Waals surface area contributed by atoms with Crippen LogP contribution in [0.5, 0.6) is 0 Å². The summed E-state index contributed by atoms with van der Waals surface area (Å²) >= 11 is 5.82. The smallest absolute Gasteiger partial charge is 0.0893 e. The second-order valence-electron chi connectivity index (χ2n) is 4.18. The Morgan fingerprint density at radius 2 is 1.70 bits per heavy atom. The number of fused-ring (bicyclic) bond motifs is 1. The van der Waals surface area contributed by atoms with Gasteiger partial charge in [0.25, 0.3) is 0 Å². The number of nitrogens with zero attached hydrogens (tertiary/aromatic N) is 3. The van der Waals surface area contributed by atoms with Crippen molar-refractivity contribution in [3.8, 4) is 0 Å². The molecule has 0 spiro atoms. The van der Waals surface area contributed by atoms with Crippen molar-refractivity contribution in [2.75, 3.05) is 5.43 Å². The molecule has 0 aliphatic heterocycles. The molecule has 0 aliphatic carbocycles. The number of halogens is 1. The van der Waals surface area contributed by atoms with Crippen LogP contribution in [0.1, 0.15) is 5.56 Å². The molecule has 5 heteroatoms. The average molecular weight is 283 g/mol. The predicted molar refractivity (Wildman–Crippen MR) is 82.2 cm³/mol. The van der Waals surface area contributed by atoms with E-state index in [9.17, 15) is 0 Å². The van der Waals surface area contributed by atoms with Gasteiger partial charge in [0, 0.05) is 17.4 Å². The molecule has 2 aromatic carbocycles. The molecule has 1 N–H and O–H groups in total. The Kier molecular flexibility index (Phi) is 3.56. The van der Waals surface area contributed by atoms with Crippen molar-refractivity contribution in [3.05, 3.63) is 65.4 Å². The fourth-order valence-corrected chi connectivity index (χ4v) is 1.89. The van der Waals surface area contributed by atoms with Gasteiger partial charge in [0.15, 0.2) is 0 Å². The van der Waals surface area contributed by atoms with Crippen molar-refractivity contribution in [1.82, 2.24) is 9.97 Å². The Balaban J connectivity index is 1.75. The van der Waals surface area contributed by atoms with Crippen LogP contribution in [0.4, 0.5) is 5.69 Å². The van der Waals surface area contributed by atoms with E-state index in [1.807, 2.05) is 42.5 Å². The first kappa shape index (κ1) is 12.6. The van der Waals surface area contributed by atoms with Gasteiger partial charge in [-0.2, -0.15) is 5.10 Å². The van der Waals surface area contributed by atoms with E-state index in [1.54, 1.807) is 18.6 Å². The second-order valence-corrected chi connectivity index (χ2v) is 4.62. The Labute approximate surface area is 121 Å². The molecule has 0 amide bonds. The zero-order chi connectivity index (χ0) is 13.8. The molecule has 0 saturated carbocycles. The molecule has 0 radical (unpaired) electrons. The maximum absolute atomic E-state index is 5.82. The van der Waals surface area contributed by atoms with Gasteiger partial charge in [0.1, 0.15) is 0 Å². The number of hydrogen-bond acceptors (Lipinski definition) is 4. The van der Waals surface area contributed by atoms with Crippen LogP contribution in [-0.2, 0) is 0 Å². The minimum Gasteiger partial charge on any atom is -0.279 e. The summed E-state index contributed by atoms with van der Waals surface area (Å²) in [5.41, 5.74) is 6.50. The van der Waals surface area contributed by atoms with Gasteiger partial charge in [-0.1, -0.05) is 17.7 Å². The van der Waals surface area contributed by atoms with Crippen LogP contribution in [0.2, 0.25) is 5.02 Å². The van der Waals surface area contributed by atoms with Crippen molar-refractivity contribution in [1.29, 1.82) is 0 Å². The van der Waals surface area contributed by atoms with E-state index in [2.05, 4.69) is 20.5 Å². The topological polar surface area (TPSA) is 50.2 Å². The Morgan fingerprint density at radius 3 is 2.50 bits per heavy atom. The van der Waals surface area contributed by atoms with Gasteiger partial charge in [-0.05, 0) is 42.0 Å². The molecule has 4 nitrogen and oxygen atoms in total. The van der Waals surface area contributed by atoms with E-state index in [4.69, 9.17) is 11.6 Å². The molecule has 1 aromatic heterocycles. The van der Waals surface area contributed by atoms with Gasteiger partial charge in [-0.25, -0.2) is 0 Å². The molecule has 0 bridgehead atoms. The summed E-state index contributed by atoms with van der Waals surface area (Å²) in [6.45, 7) is 0. The normalized spacial score (nSPS) is 11.1. The third-order valence-corrected chi connectivity index (χ3v) is 3.00. The number of aromatic nitrogens is 2. The third-order valence-electron chi connectivity index (χ3n) is 2.74. The van der Waals surface area contributed by atoms with Crippen LogP contribution in [0, 0.1) is 0 Å². The van der Waals surface area contributed by atoms with Crippen LogP contribution < -0.4 is 5.43 Å². The highest BCUT2D eigenvalue weighted by Crippen LogP contribution is 2.13. The lowest BCUT2D eigenvalue weighted by Crippen LogP contribution is -1.91. The zero-order valence-corrected chi connectivity index (χ0v) is 11.2. The van der Waals surface area contributed by atoms with E-state index in [1.165, 1.54) is 0 Å². The predicted octanol–water partition coefficient (Wildman–Crippen LogP) is 3.73. The summed E-state index contributed by atoms with van der Waals surface area (Å²) in [6.07, 6.45) is 5.09. The maximum atomic E-state index is 5.82. The number of anilines is 1. The van der Waals surface area contributed by atoms with Crippen LogP contribution in [0.15, 0.2) is 60.0 Å². The van der Waals surface area contributed by atoms with Crippen LogP contribution in [0.25, 0.3) is 11.0 Å². The third kappa shape index (κ3) is 2.92. The molecular weight excluding hydrogens is 272 g/mol. The number of rotatable bonds is 3. The molecule has 3 rings (SSSR count). The highest BCUT2D eigenvalue weighted by molar-refractivity contribution is 6.30. The Hall–Kier alpha value is -2.46. The highest BCUT2D eigenvalue weighted by atomic mass is 35.5. The minimum absolute atomic E-state index is 0.702. The molecule has 0 aliphatic rings. The molecule has 0 saturated heterocycles. The number of hydrogen-bond donors (Lipinski definition) is 1. The van der Waals surface area contributed by atoms with Crippen molar-refractivity contribution >= 4 is 34.5 Å². The van der Waals surface area contributed by atoms with E-state index in [0.717, 1.165) is 22.3 Å². The summed E-state index contributed by atoms with van der Waals surface area (Å²) in [6, 6.07) is 13.2.